The summed E-state index contributed by atoms with van der Waals surface area (Å²) >= 11 is 0. The van der Waals surface area contributed by atoms with Gasteiger partial charge in [-0.2, -0.15) is 0 Å². The maximum Gasteiger partial charge on any atom is 0.0647 e. The van der Waals surface area contributed by atoms with E-state index in [1.54, 1.807) is 0 Å². The zero-order valence-electron chi connectivity index (χ0n) is 35.4. The monoisotopic (exact) mass is 759 g/mol. The third-order valence-electron chi connectivity index (χ3n) is 20.6. The van der Waals surface area contributed by atoms with Gasteiger partial charge in [0.25, 0.3) is 0 Å². The highest BCUT2D eigenvalue weighted by molar-refractivity contribution is 7.10. The molecule has 8 aliphatic carbocycles. The molecule has 8 fully saturated rings. The molecule has 5 heteroatoms. The van der Waals surface area contributed by atoms with Crippen molar-refractivity contribution < 1.29 is 14.2 Å². The van der Waals surface area contributed by atoms with Crippen LogP contribution in [0.25, 0.3) is 0 Å². The maximum absolute atomic E-state index is 9.82. The van der Waals surface area contributed by atoms with E-state index in [2.05, 4.69) is 81.2 Å². The van der Waals surface area contributed by atoms with Crippen molar-refractivity contribution in [1.82, 2.24) is 0 Å². The van der Waals surface area contributed by atoms with Crippen LogP contribution in [0.1, 0.15) is 171 Å². The molecule has 0 spiro atoms. The molecular formula is C47H84O3P2. The SMILES string of the molecule is CC[C@@H](C)[C@H]1CCC2[C@@H]3C(OP)C[C@@H]4C[C@@H](C)CC[C@]4(C)C3CC[C@@]21C.C[C@H]1CC[C@]2(C)C3CC[C@@]4(C)C(CC[C@@H]4[C@H](C)CO)[C@@H]3C(OP)C[C@@H]2C1. The van der Waals surface area contributed by atoms with Crippen molar-refractivity contribution in [3.8, 4) is 0 Å². The zero-order valence-corrected chi connectivity index (χ0v) is 37.7. The van der Waals surface area contributed by atoms with E-state index in [4.69, 9.17) is 9.05 Å². The largest absolute Gasteiger partial charge is 0.396 e. The molecule has 0 radical (unpaired) electrons. The fourth-order valence-electron chi connectivity index (χ4n) is 17.5. The summed E-state index contributed by atoms with van der Waals surface area (Å²) in [6.45, 7) is 23.0. The summed E-state index contributed by atoms with van der Waals surface area (Å²) in [4.78, 5) is 0. The Balaban J connectivity index is 0.000000162. The molecule has 1 N–H and O–H groups in total. The molecule has 3 nitrogen and oxygen atoms in total. The van der Waals surface area contributed by atoms with Crippen molar-refractivity contribution >= 4 is 18.9 Å². The first kappa shape index (κ1) is 40.9. The van der Waals surface area contributed by atoms with Crippen molar-refractivity contribution in [3.63, 3.8) is 0 Å². The molecule has 8 aliphatic rings. The predicted octanol–water partition coefficient (Wildman–Crippen LogP) is 12.8. The van der Waals surface area contributed by atoms with Crippen LogP contribution in [0.2, 0.25) is 0 Å². The molecule has 22 atom stereocenters. The number of fused-ring (bicyclic) bond motifs is 10. The lowest BCUT2D eigenvalue weighted by atomic mass is 9.43. The number of aliphatic hydroxyl groups is 1. The van der Waals surface area contributed by atoms with Crippen molar-refractivity contribution in [2.45, 2.75) is 184 Å². The van der Waals surface area contributed by atoms with Crippen LogP contribution in [0.5, 0.6) is 0 Å². The van der Waals surface area contributed by atoms with Crippen LogP contribution in [0.15, 0.2) is 0 Å². The van der Waals surface area contributed by atoms with E-state index < -0.39 is 0 Å². The van der Waals surface area contributed by atoms with Crippen LogP contribution < -0.4 is 0 Å². The van der Waals surface area contributed by atoms with E-state index in [1.165, 1.54) is 109 Å². The Morgan fingerprint density at radius 2 is 0.942 bits per heavy atom. The second kappa shape index (κ2) is 15.5. The maximum atomic E-state index is 9.82. The quantitative estimate of drug-likeness (QED) is 0.274. The summed E-state index contributed by atoms with van der Waals surface area (Å²) in [5.74, 6) is 11.5. The Morgan fingerprint density at radius 1 is 0.558 bits per heavy atom. The van der Waals surface area contributed by atoms with Gasteiger partial charge < -0.3 is 14.2 Å². The van der Waals surface area contributed by atoms with E-state index >= 15 is 0 Å². The number of hydrogen-bond donors (Lipinski definition) is 1. The Kier molecular flexibility index (Phi) is 12.2. The Bertz CT molecular complexity index is 1140. The van der Waals surface area contributed by atoms with Crippen molar-refractivity contribution in [2.24, 2.45) is 105 Å². The topological polar surface area (TPSA) is 38.7 Å². The van der Waals surface area contributed by atoms with Gasteiger partial charge in [-0.25, -0.2) is 0 Å². The fourth-order valence-corrected chi connectivity index (χ4v) is 18.1. The van der Waals surface area contributed by atoms with Gasteiger partial charge in [0.2, 0.25) is 0 Å². The third-order valence-corrected chi connectivity index (χ3v) is 21.3. The summed E-state index contributed by atoms with van der Waals surface area (Å²) < 4.78 is 12.3. The summed E-state index contributed by atoms with van der Waals surface area (Å²) in [5, 5.41) is 9.82. The first-order valence-electron chi connectivity index (χ1n) is 23.0. The van der Waals surface area contributed by atoms with Crippen LogP contribution in [0, 0.1) is 105 Å². The van der Waals surface area contributed by atoms with E-state index in [0.29, 0.717) is 52.3 Å². The first-order chi connectivity index (χ1) is 24.7. The van der Waals surface area contributed by atoms with Crippen LogP contribution in [-0.4, -0.2) is 23.9 Å². The summed E-state index contributed by atoms with van der Waals surface area (Å²) in [6.07, 6.45) is 24.8. The van der Waals surface area contributed by atoms with Gasteiger partial charge >= 0.3 is 0 Å². The number of aliphatic hydroxyl groups excluding tert-OH is 1. The summed E-state index contributed by atoms with van der Waals surface area (Å²) in [5.41, 5.74) is 2.12. The van der Waals surface area contributed by atoms with E-state index in [-0.39, 0.29) is 0 Å². The van der Waals surface area contributed by atoms with Crippen LogP contribution in [0.3, 0.4) is 0 Å². The minimum absolute atomic E-state index is 0.350. The Morgan fingerprint density at radius 3 is 1.33 bits per heavy atom. The molecule has 0 aromatic rings. The number of rotatable bonds is 6. The lowest BCUT2D eigenvalue weighted by Gasteiger charge is -2.63. The zero-order chi connectivity index (χ0) is 37.4. The normalized spacial score (nSPS) is 54.9. The average molecular weight is 759 g/mol. The Labute approximate surface area is 326 Å². The minimum Gasteiger partial charge on any atom is -0.396 e. The summed E-state index contributed by atoms with van der Waals surface area (Å²) in [7, 11) is 5.31. The van der Waals surface area contributed by atoms with E-state index in [1.807, 2.05) is 0 Å². The lowest BCUT2D eigenvalue weighted by molar-refractivity contribution is -0.160. The minimum atomic E-state index is 0.350. The van der Waals surface area contributed by atoms with Gasteiger partial charge in [-0.15, -0.1) is 0 Å². The highest BCUT2D eigenvalue weighted by Crippen LogP contribution is 2.71. The molecule has 0 amide bonds. The van der Waals surface area contributed by atoms with Gasteiger partial charge in [-0.1, -0.05) is 81.6 Å². The van der Waals surface area contributed by atoms with Crippen molar-refractivity contribution in [1.29, 1.82) is 0 Å². The van der Waals surface area contributed by atoms with Gasteiger partial charge in [0.1, 0.15) is 0 Å². The smallest absolute Gasteiger partial charge is 0.0647 e. The molecular weight excluding hydrogens is 674 g/mol. The Hall–Kier alpha value is 0.740. The van der Waals surface area contributed by atoms with E-state index in [0.717, 1.165) is 71.0 Å². The van der Waals surface area contributed by atoms with Crippen molar-refractivity contribution in [2.75, 3.05) is 6.61 Å². The molecule has 52 heavy (non-hydrogen) atoms. The average Bonchev–Trinajstić information content (AvgIpc) is 3.68. The molecule has 0 aromatic carbocycles. The molecule has 0 saturated heterocycles. The molecule has 0 aromatic heterocycles. The molecule has 300 valence electrons. The molecule has 0 bridgehead atoms. The van der Waals surface area contributed by atoms with Crippen LogP contribution in [0.4, 0.5) is 0 Å². The van der Waals surface area contributed by atoms with E-state index in [9.17, 15) is 5.11 Å². The highest BCUT2D eigenvalue weighted by Gasteiger charge is 2.64. The lowest BCUT2D eigenvalue weighted by Crippen LogP contribution is -2.58. The standard InChI is InChI=1S/C24H43OP.C23H41O2P/c1-6-16(3)18-7-8-19-22-20(10-12-24(18,19)5)23(4)11-9-15(2)13-17(23)14-21(22)25-26;1-14-7-9-22(3)16(11-14)12-20(25-26)21-18-6-5-17(15(2)13-24)23(18,4)10-8-19(21)22/h15-22H,6-14,26H2,1-5H3;14-21,24H,5-13,26H2,1-4H3/t15-,16+,17-,18+,19?,20?,21?,22-,23-,24+;14-,15+,16-,17+,18?,19?,20?,21-,22-,23+/m00/s1. The predicted molar refractivity (Wildman–Crippen MR) is 224 cm³/mol. The van der Waals surface area contributed by atoms with Gasteiger partial charge in [-0.3, -0.25) is 0 Å². The molecule has 8 unspecified atom stereocenters. The van der Waals surface area contributed by atoms with Crippen molar-refractivity contribution in [3.05, 3.63) is 0 Å². The second-order valence-corrected chi connectivity index (χ2v) is 23.1. The van der Waals surface area contributed by atoms with Gasteiger partial charge in [0, 0.05) is 25.5 Å². The highest BCUT2D eigenvalue weighted by atomic mass is 31.0. The second-order valence-electron chi connectivity index (χ2n) is 22.6. The summed E-state index contributed by atoms with van der Waals surface area (Å²) in [6, 6.07) is 0. The fraction of sp³-hybridized carbons (Fsp3) is 1.00. The van der Waals surface area contributed by atoms with Gasteiger partial charge in [0.05, 0.1) is 12.2 Å². The first-order valence-corrected chi connectivity index (χ1v) is 24.0. The van der Waals surface area contributed by atoms with Gasteiger partial charge in [0.15, 0.2) is 0 Å². The molecule has 8 saturated carbocycles. The third kappa shape index (κ3) is 6.52. The van der Waals surface area contributed by atoms with Crippen LogP contribution >= 0.6 is 18.9 Å². The molecule has 8 rings (SSSR count). The molecule has 0 heterocycles. The van der Waals surface area contributed by atoms with Gasteiger partial charge in [-0.05, 0) is 194 Å². The molecule has 0 aliphatic heterocycles. The van der Waals surface area contributed by atoms with Crippen LogP contribution in [-0.2, 0) is 9.05 Å². The number of hydrogen-bond acceptors (Lipinski definition) is 3.